The quantitative estimate of drug-likeness (QED) is 0.667. The molecule has 0 saturated heterocycles. The molecular weight excluding hydrogens is 332 g/mol. The van der Waals surface area contributed by atoms with Crippen LogP contribution in [0.25, 0.3) is 10.9 Å². The first-order valence-corrected chi connectivity index (χ1v) is 8.72. The van der Waals surface area contributed by atoms with Crippen molar-refractivity contribution >= 4 is 16.8 Å². The van der Waals surface area contributed by atoms with E-state index in [2.05, 4.69) is 17.0 Å². The van der Waals surface area contributed by atoms with Crippen LogP contribution in [0.4, 0.5) is 0 Å². The molecule has 0 unspecified atom stereocenters. The Morgan fingerprint density at radius 3 is 2.92 bits per heavy atom. The van der Waals surface area contributed by atoms with Crippen LogP contribution >= 0.6 is 0 Å². The Morgan fingerprint density at radius 1 is 1.35 bits per heavy atom. The van der Waals surface area contributed by atoms with Crippen LogP contribution in [0, 0.1) is 13.8 Å². The van der Waals surface area contributed by atoms with Crippen molar-refractivity contribution in [2.45, 2.75) is 33.0 Å². The average Bonchev–Trinajstić information content (AvgIpc) is 3.21. The second kappa shape index (κ2) is 6.26. The number of amides is 1. The summed E-state index contributed by atoms with van der Waals surface area (Å²) in [5, 5.41) is 24.3. The zero-order chi connectivity index (χ0) is 18.4. The normalized spacial score (nSPS) is 15.3. The number of nitrogens with zero attached hydrogens (tertiary/aromatic N) is 3. The van der Waals surface area contributed by atoms with Gasteiger partial charge in [0.15, 0.2) is 0 Å². The van der Waals surface area contributed by atoms with Gasteiger partial charge in [-0.05, 0) is 31.5 Å². The lowest BCUT2D eigenvalue weighted by molar-refractivity contribution is 0.0706. The number of hydrogen-bond acceptors (Lipinski definition) is 4. The Morgan fingerprint density at radius 2 is 2.15 bits per heavy atom. The SMILES string of the molecule is Cc1[nH]c2c(C(=O)N3CCn4nc([C@H](O)CO)cc4C3)cccc2c1C. The van der Waals surface area contributed by atoms with E-state index in [0.29, 0.717) is 30.9 Å². The van der Waals surface area contributed by atoms with E-state index in [9.17, 15) is 9.90 Å². The predicted octanol–water partition coefficient (Wildman–Crippen LogP) is 1.66. The zero-order valence-electron chi connectivity index (χ0n) is 14.9. The number of aromatic amines is 1. The maximum absolute atomic E-state index is 13.1. The maximum atomic E-state index is 13.1. The number of aromatic nitrogens is 3. The number of para-hydroxylation sites is 1. The van der Waals surface area contributed by atoms with E-state index >= 15 is 0 Å². The smallest absolute Gasteiger partial charge is 0.256 e. The van der Waals surface area contributed by atoms with E-state index in [1.165, 1.54) is 0 Å². The largest absolute Gasteiger partial charge is 0.393 e. The number of nitrogens with one attached hydrogen (secondary N) is 1. The molecule has 4 rings (SSSR count). The minimum atomic E-state index is -0.990. The maximum Gasteiger partial charge on any atom is 0.256 e. The van der Waals surface area contributed by atoms with Gasteiger partial charge in [-0.3, -0.25) is 9.48 Å². The Kier molecular flexibility index (Phi) is 4.05. The highest BCUT2D eigenvalue weighted by atomic mass is 16.3. The standard InChI is InChI=1S/C19H22N4O3/c1-11-12(2)20-18-14(11)4-3-5-15(18)19(26)22-6-7-23-13(9-22)8-16(21-23)17(25)10-24/h3-5,8,17,20,24-25H,6-7,9-10H2,1-2H3/t17-/m1/s1. The molecule has 7 nitrogen and oxygen atoms in total. The molecular formula is C19H22N4O3. The molecule has 1 amide bonds. The van der Waals surface area contributed by atoms with Crippen LogP contribution in [-0.4, -0.2) is 48.9 Å². The molecule has 0 saturated carbocycles. The van der Waals surface area contributed by atoms with Crippen molar-refractivity contribution in [2.75, 3.05) is 13.2 Å². The Hall–Kier alpha value is -2.64. The van der Waals surface area contributed by atoms with Gasteiger partial charge in [0.25, 0.3) is 5.91 Å². The van der Waals surface area contributed by atoms with Crippen molar-refractivity contribution in [3.05, 3.63) is 52.5 Å². The van der Waals surface area contributed by atoms with Gasteiger partial charge in [-0.1, -0.05) is 12.1 Å². The van der Waals surface area contributed by atoms with Gasteiger partial charge in [-0.2, -0.15) is 5.10 Å². The molecule has 136 valence electrons. The van der Waals surface area contributed by atoms with Crippen LogP contribution in [0.3, 0.4) is 0 Å². The third-order valence-corrected chi connectivity index (χ3v) is 5.19. The van der Waals surface area contributed by atoms with E-state index in [0.717, 1.165) is 27.9 Å². The lowest BCUT2D eigenvalue weighted by Gasteiger charge is -2.28. The zero-order valence-corrected chi connectivity index (χ0v) is 14.9. The molecule has 3 aromatic rings. The second-order valence-electron chi connectivity index (χ2n) is 6.81. The van der Waals surface area contributed by atoms with Crippen LogP contribution in [-0.2, 0) is 13.1 Å². The highest BCUT2D eigenvalue weighted by Crippen LogP contribution is 2.26. The summed E-state index contributed by atoms with van der Waals surface area (Å²) in [6.45, 7) is 5.24. The van der Waals surface area contributed by atoms with Gasteiger partial charge in [-0.25, -0.2) is 0 Å². The van der Waals surface area contributed by atoms with Crippen LogP contribution in [0.5, 0.6) is 0 Å². The average molecular weight is 354 g/mol. The fourth-order valence-electron chi connectivity index (χ4n) is 3.55. The number of carbonyl (C=O) groups excluding carboxylic acids is 1. The van der Waals surface area contributed by atoms with Crippen molar-refractivity contribution in [2.24, 2.45) is 0 Å². The van der Waals surface area contributed by atoms with Crippen molar-refractivity contribution in [1.82, 2.24) is 19.7 Å². The van der Waals surface area contributed by atoms with Gasteiger partial charge < -0.3 is 20.1 Å². The first kappa shape index (κ1) is 16.8. The number of aliphatic hydroxyl groups excluding tert-OH is 2. The van der Waals surface area contributed by atoms with E-state index in [1.807, 2.05) is 25.1 Å². The first-order chi connectivity index (χ1) is 12.5. The molecule has 3 heterocycles. The number of aliphatic hydroxyl groups is 2. The molecule has 26 heavy (non-hydrogen) atoms. The first-order valence-electron chi connectivity index (χ1n) is 8.72. The molecule has 0 bridgehead atoms. The van der Waals surface area contributed by atoms with Gasteiger partial charge >= 0.3 is 0 Å². The van der Waals surface area contributed by atoms with Gasteiger partial charge in [0, 0.05) is 17.6 Å². The van der Waals surface area contributed by atoms with Gasteiger partial charge in [0.2, 0.25) is 0 Å². The number of fused-ring (bicyclic) bond motifs is 2. The fraction of sp³-hybridized carbons (Fsp3) is 0.368. The van der Waals surface area contributed by atoms with Crippen molar-refractivity contribution in [3.63, 3.8) is 0 Å². The highest BCUT2D eigenvalue weighted by molar-refractivity contribution is 6.06. The number of aryl methyl sites for hydroxylation is 2. The third-order valence-electron chi connectivity index (χ3n) is 5.19. The molecule has 1 aromatic carbocycles. The lowest BCUT2D eigenvalue weighted by Crippen LogP contribution is -2.38. The molecule has 2 aromatic heterocycles. The van der Waals surface area contributed by atoms with Crippen molar-refractivity contribution in [3.8, 4) is 0 Å². The molecule has 1 aliphatic heterocycles. The van der Waals surface area contributed by atoms with E-state index in [4.69, 9.17) is 5.11 Å². The molecule has 0 spiro atoms. The minimum Gasteiger partial charge on any atom is -0.393 e. The Balaban J connectivity index is 1.64. The number of H-pyrrole nitrogens is 1. The summed E-state index contributed by atoms with van der Waals surface area (Å²) in [6.07, 6.45) is -0.990. The Labute approximate surface area is 150 Å². The van der Waals surface area contributed by atoms with Crippen LogP contribution < -0.4 is 0 Å². The number of rotatable bonds is 3. The van der Waals surface area contributed by atoms with Gasteiger partial charge in [0.1, 0.15) is 6.10 Å². The summed E-state index contributed by atoms with van der Waals surface area (Å²) < 4.78 is 1.79. The van der Waals surface area contributed by atoms with Crippen LogP contribution in [0.1, 0.15) is 39.1 Å². The molecule has 0 radical (unpaired) electrons. The number of benzene rings is 1. The molecule has 0 aliphatic carbocycles. The summed E-state index contributed by atoms with van der Waals surface area (Å²) in [4.78, 5) is 18.3. The van der Waals surface area contributed by atoms with E-state index in [1.54, 1.807) is 15.6 Å². The second-order valence-corrected chi connectivity index (χ2v) is 6.81. The Bertz CT molecular complexity index is 988. The van der Waals surface area contributed by atoms with Crippen molar-refractivity contribution < 1.29 is 15.0 Å². The number of carbonyl (C=O) groups is 1. The molecule has 7 heteroatoms. The highest BCUT2D eigenvalue weighted by Gasteiger charge is 2.26. The van der Waals surface area contributed by atoms with Gasteiger partial charge in [-0.15, -0.1) is 0 Å². The molecule has 3 N–H and O–H groups in total. The van der Waals surface area contributed by atoms with Crippen molar-refractivity contribution in [1.29, 1.82) is 0 Å². The minimum absolute atomic E-state index is 0.0199. The lowest BCUT2D eigenvalue weighted by atomic mass is 10.1. The topological polar surface area (TPSA) is 94.4 Å². The third kappa shape index (κ3) is 2.60. The van der Waals surface area contributed by atoms with Crippen LogP contribution in [0.2, 0.25) is 0 Å². The van der Waals surface area contributed by atoms with Gasteiger partial charge in [0.05, 0.1) is 42.2 Å². The van der Waals surface area contributed by atoms with E-state index in [-0.39, 0.29) is 12.5 Å². The van der Waals surface area contributed by atoms with E-state index < -0.39 is 6.10 Å². The summed E-state index contributed by atoms with van der Waals surface area (Å²) in [7, 11) is 0. The summed E-state index contributed by atoms with van der Waals surface area (Å²) in [5.41, 5.74) is 5.08. The monoisotopic (exact) mass is 354 g/mol. The molecule has 1 aliphatic rings. The molecule has 1 atom stereocenters. The predicted molar refractivity (Wildman–Crippen MR) is 96.8 cm³/mol. The molecule has 0 fully saturated rings. The number of hydrogen-bond donors (Lipinski definition) is 3. The summed E-state index contributed by atoms with van der Waals surface area (Å²) in [5.74, 6) is -0.0199. The van der Waals surface area contributed by atoms with Crippen LogP contribution in [0.15, 0.2) is 24.3 Å². The fourth-order valence-corrected chi connectivity index (χ4v) is 3.55. The summed E-state index contributed by atoms with van der Waals surface area (Å²) >= 11 is 0. The summed E-state index contributed by atoms with van der Waals surface area (Å²) in [6, 6.07) is 7.55.